The van der Waals surface area contributed by atoms with Crippen molar-refractivity contribution in [2.75, 3.05) is 27.3 Å². The maximum absolute atomic E-state index is 5.74. The first-order chi connectivity index (χ1) is 9.71. The van der Waals surface area contributed by atoms with Gasteiger partial charge in [-0.25, -0.2) is 0 Å². The molecule has 0 unspecified atom stereocenters. The largest absolute Gasteiger partial charge is 0.497 e. The number of ether oxygens (including phenoxy) is 2. The number of benzene rings is 1. The van der Waals surface area contributed by atoms with E-state index in [2.05, 4.69) is 17.2 Å². The van der Waals surface area contributed by atoms with Gasteiger partial charge >= 0.3 is 0 Å². The van der Waals surface area contributed by atoms with E-state index in [0.717, 1.165) is 49.4 Å². The van der Waals surface area contributed by atoms with Crippen LogP contribution < -0.4 is 20.5 Å². The Balaban J connectivity index is 0.00000400. The summed E-state index contributed by atoms with van der Waals surface area (Å²) in [5.74, 6) is 2.25. The van der Waals surface area contributed by atoms with Crippen LogP contribution in [0.3, 0.4) is 0 Å². The first-order valence-electron chi connectivity index (χ1n) is 6.96. The second kappa shape index (κ2) is 11.5. The van der Waals surface area contributed by atoms with Crippen molar-refractivity contribution in [1.82, 2.24) is 5.32 Å². The summed E-state index contributed by atoms with van der Waals surface area (Å²) in [4.78, 5) is 4.19. The number of nitrogens with one attached hydrogen (secondary N) is 1. The van der Waals surface area contributed by atoms with E-state index in [1.807, 2.05) is 18.2 Å². The number of hydrogen-bond donors (Lipinski definition) is 2. The lowest BCUT2D eigenvalue weighted by atomic mass is 10.1. The van der Waals surface area contributed by atoms with Crippen molar-refractivity contribution in [3.05, 3.63) is 23.8 Å². The maximum atomic E-state index is 5.74. The molecule has 0 heterocycles. The molecule has 1 rings (SSSR count). The molecule has 0 spiro atoms. The van der Waals surface area contributed by atoms with Crippen LogP contribution in [0, 0.1) is 0 Å². The van der Waals surface area contributed by atoms with Crippen LogP contribution in [0.5, 0.6) is 11.5 Å². The van der Waals surface area contributed by atoms with Gasteiger partial charge in [-0.05, 0) is 43.0 Å². The van der Waals surface area contributed by atoms with Crippen LogP contribution in [0.1, 0.15) is 25.3 Å². The number of aryl methyl sites for hydroxylation is 1. The predicted octanol–water partition coefficient (Wildman–Crippen LogP) is 2.57. The molecule has 3 N–H and O–H groups in total. The van der Waals surface area contributed by atoms with Gasteiger partial charge in [0, 0.05) is 13.1 Å². The van der Waals surface area contributed by atoms with Gasteiger partial charge in [0.05, 0.1) is 14.2 Å². The SMILES string of the molecule is CCCN=C(N)NCCCc1cc(OC)ccc1OC.I. The minimum absolute atomic E-state index is 0. The van der Waals surface area contributed by atoms with Gasteiger partial charge in [-0.2, -0.15) is 0 Å². The van der Waals surface area contributed by atoms with E-state index in [-0.39, 0.29) is 24.0 Å². The molecule has 0 atom stereocenters. The molecule has 0 radical (unpaired) electrons. The third-order valence-electron chi connectivity index (χ3n) is 2.92. The third-order valence-corrected chi connectivity index (χ3v) is 2.92. The molecule has 6 heteroatoms. The van der Waals surface area contributed by atoms with Gasteiger partial charge in [0.15, 0.2) is 5.96 Å². The Morgan fingerprint density at radius 1 is 1.29 bits per heavy atom. The van der Waals surface area contributed by atoms with Crippen molar-refractivity contribution in [3.63, 3.8) is 0 Å². The molecular formula is C15H26IN3O2. The number of hydrogen-bond acceptors (Lipinski definition) is 3. The summed E-state index contributed by atoms with van der Waals surface area (Å²) < 4.78 is 10.6. The van der Waals surface area contributed by atoms with Crippen LogP contribution in [-0.4, -0.2) is 33.3 Å². The second-order valence-electron chi connectivity index (χ2n) is 4.48. The topological polar surface area (TPSA) is 68.9 Å². The zero-order valence-corrected chi connectivity index (χ0v) is 15.3. The first kappa shape index (κ1) is 19.8. The summed E-state index contributed by atoms with van der Waals surface area (Å²) in [5, 5.41) is 3.11. The van der Waals surface area contributed by atoms with Crippen molar-refractivity contribution < 1.29 is 9.47 Å². The number of guanidine groups is 1. The fourth-order valence-corrected chi connectivity index (χ4v) is 1.86. The molecule has 0 aliphatic heterocycles. The lowest BCUT2D eigenvalue weighted by Gasteiger charge is -2.11. The van der Waals surface area contributed by atoms with Gasteiger partial charge in [-0.15, -0.1) is 24.0 Å². The van der Waals surface area contributed by atoms with Crippen molar-refractivity contribution in [3.8, 4) is 11.5 Å². The van der Waals surface area contributed by atoms with E-state index in [1.54, 1.807) is 14.2 Å². The summed E-state index contributed by atoms with van der Waals surface area (Å²) in [6.45, 7) is 3.63. The summed E-state index contributed by atoms with van der Waals surface area (Å²) >= 11 is 0. The fraction of sp³-hybridized carbons (Fsp3) is 0.533. The number of halogens is 1. The van der Waals surface area contributed by atoms with Crippen molar-refractivity contribution in [1.29, 1.82) is 0 Å². The molecule has 1 aromatic carbocycles. The van der Waals surface area contributed by atoms with Crippen LogP contribution in [0.25, 0.3) is 0 Å². The highest BCUT2D eigenvalue weighted by Crippen LogP contribution is 2.24. The van der Waals surface area contributed by atoms with Gasteiger partial charge in [0.2, 0.25) is 0 Å². The normalized spacial score (nSPS) is 10.7. The van der Waals surface area contributed by atoms with E-state index >= 15 is 0 Å². The molecule has 120 valence electrons. The van der Waals surface area contributed by atoms with Crippen LogP contribution in [-0.2, 0) is 6.42 Å². The standard InChI is InChI=1S/C15H25N3O2.HI/c1-4-9-17-15(16)18-10-5-6-12-11-13(19-2)7-8-14(12)20-3;/h7-8,11H,4-6,9-10H2,1-3H3,(H3,16,17,18);1H. The summed E-state index contributed by atoms with van der Waals surface area (Å²) in [6.07, 6.45) is 2.85. The van der Waals surface area contributed by atoms with Crippen molar-refractivity contribution in [2.24, 2.45) is 10.7 Å². The monoisotopic (exact) mass is 407 g/mol. The Morgan fingerprint density at radius 3 is 2.67 bits per heavy atom. The summed E-state index contributed by atoms with van der Waals surface area (Å²) in [5.41, 5.74) is 6.87. The first-order valence-corrected chi connectivity index (χ1v) is 6.96. The second-order valence-corrected chi connectivity index (χ2v) is 4.48. The van der Waals surface area contributed by atoms with Gasteiger partial charge in [0.1, 0.15) is 11.5 Å². The zero-order chi connectivity index (χ0) is 14.8. The lowest BCUT2D eigenvalue weighted by molar-refractivity contribution is 0.398. The minimum Gasteiger partial charge on any atom is -0.497 e. The molecule has 0 aliphatic carbocycles. The summed E-state index contributed by atoms with van der Waals surface area (Å²) in [7, 11) is 3.34. The molecule has 0 fully saturated rings. The Labute approximate surface area is 144 Å². The molecule has 5 nitrogen and oxygen atoms in total. The molecule has 0 saturated heterocycles. The Bertz CT molecular complexity index is 439. The highest BCUT2D eigenvalue weighted by Gasteiger charge is 2.04. The number of methoxy groups -OCH3 is 2. The van der Waals surface area contributed by atoms with E-state index in [1.165, 1.54) is 0 Å². The van der Waals surface area contributed by atoms with E-state index in [0.29, 0.717) is 5.96 Å². The Hall–Kier alpha value is -1.18. The van der Waals surface area contributed by atoms with Crippen molar-refractivity contribution in [2.45, 2.75) is 26.2 Å². The van der Waals surface area contributed by atoms with Gasteiger partial charge in [0.25, 0.3) is 0 Å². The average molecular weight is 407 g/mol. The highest BCUT2D eigenvalue weighted by atomic mass is 127. The molecule has 0 saturated carbocycles. The fourth-order valence-electron chi connectivity index (χ4n) is 1.86. The molecular weight excluding hydrogens is 381 g/mol. The van der Waals surface area contributed by atoms with Crippen LogP contribution >= 0.6 is 24.0 Å². The molecule has 0 bridgehead atoms. The maximum Gasteiger partial charge on any atom is 0.188 e. The predicted molar refractivity (Wildman–Crippen MR) is 98.1 cm³/mol. The smallest absolute Gasteiger partial charge is 0.188 e. The molecule has 21 heavy (non-hydrogen) atoms. The lowest BCUT2D eigenvalue weighted by Crippen LogP contribution is -2.32. The number of rotatable bonds is 8. The zero-order valence-electron chi connectivity index (χ0n) is 13.0. The number of aliphatic imine (C=N–C) groups is 1. The number of nitrogens with two attached hydrogens (primary N) is 1. The third kappa shape index (κ3) is 7.40. The van der Waals surface area contributed by atoms with E-state index < -0.39 is 0 Å². The molecule has 0 amide bonds. The molecule has 0 aliphatic rings. The van der Waals surface area contributed by atoms with Gasteiger partial charge in [-0.1, -0.05) is 6.92 Å². The van der Waals surface area contributed by atoms with Crippen LogP contribution in [0.4, 0.5) is 0 Å². The summed E-state index contributed by atoms with van der Waals surface area (Å²) in [6, 6.07) is 5.84. The van der Waals surface area contributed by atoms with Crippen LogP contribution in [0.15, 0.2) is 23.2 Å². The minimum atomic E-state index is 0. The average Bonchev–Trinajstić information content (AvgIpc) is 2.49. The number of nitrogens with zero attached hydrogens (tertiary/aromatic N) is 1. The van der Waals surface area contributed by atoms with E-state index in [4.69, 9.17) is 15.2 Å². The van der Waals surface area contributed by atoms with Gasteiger partial charge < -0.3 is 20.5 Å². The van der Waals surface area contributed by atoms with Gasteiger partial charge in [-0.3, -0.25) is 4.99 Å². The van der Waals surface area contributed by atoms with Crippen molar-refractivity contribution >= 4 is 29.9 Å². The molecule has 0 aromatic heterocycles. The van der Waals surface area contributed by atoms with E-state index in [9.17, 15) is 0 Å². The Morgan fingerprint density at radius 2 is 2.05 bits per heavy atom. The Kier molecular flexibility index (Phi) is 10.8. The highest BCUT2D eigenvalue weighted by molar-refractivity contribution is 14.0. The quantitative estimate of drug-likeness (QED) is 0.301. The van der Waals surface area contributed by atoms with Crippen LogP contribution in [0.2, 0.25) is 0 Å². The molecule has 1 aromatic rings.